The van der Waals surface area contributed by atoms with Crippen LogP contribution in [0.1, 0.15) is 15.9 Å². The lowest BCUT2D eigenvalue weighted by Gasteiger charge is -1.99. The monoisotopic (exact) mass is 328 g/mol. The lowest BCUT2D eigenvalue weighted by Crippen LogP contribution is -2.13. The summed E-state index contributed by atoms with van der Waals surface area (Å²) in [7, 11) is 1.95. The predicted octanol–water partition coefficient (Wildman–Crippen LogP) is 4.01. The summed E-state index contributed by atoms with van der Waals surface area (Å²) >= 11 is 3.20. The van der Waals surface area contributed by atoms with E-state index in [0.717, 1.165) is 19.9 Å². The van der Waals surface area contributed by atoms with Gasteiger partial charge in [0, 0.05) is 17.5 Å². The molecular formula is C17H16N2OS2. The lowest BCUT2D eigenvalue weighted by atomic mass is 10.2. The fourth-order valence-corrected chi connectivity index (χ4v) is 3.89. The Bertz CT molecular complexity index is 905. The average Bonchev–Trinajstić information content (AvgIpc) is 2.85. The molecule has 22 heavy (non-hydrogen) atoms. The number of hydrogen-bond donors (Lipinski definition) is 0. The molecule has 0 aliphatic heterocycles. The largest absolute Gasteiger partial charge is 0.319 e. The Morgan fingerprint density at radius 3 is 2.55 bits per heavy atom. The van der Waals surface area contributed by atoms with Gasteiger partial charge in [-0.15, -0.1) is 11.8 Å². The molecular weight excluding hydrogens is 312 g/mol. The van der Waals surface area contributed by atoms with Gasteiger partial charge < -0.3 is 4.57 Å². The number of nitrogens with zero attached hydrogens (tertiary/aromatic N) is 2. The van der Waals surface area contributed by atoms with Gasteiger partial charge in [0.25, 0.3) is 5.91 Å². The van der Waals surface area contributed by atoms with Crippen molar-refractivity contribution < 1.29 is 4.79 Å². The van der Waals surface area contributed by atoms with E-state index in [1.54, 1.807) is 23.1 Å². The van der Waals surface area contributed by atoms with Crippen LogP contribution in [0.3, 0.4) is 0 Å². The molecule has 0 atom stereocenters. The third-order valence-electron chi connectivity index (χ3n) is 3.56. The van der Waals surface area contributed by atoms with Crippen LogP contribution < -0.4 is 4.80 Å². The van der Waals surface area contributed by atoms with Crippen molar-refractivity contribution >= 4 is 39.2 Å². The van der Waals surface area contributed by atoms with E-state index in [-0.39, 0.29) is 5.91 Å². The molecule has 2 aromatic carbocycles. The van der Waals surface area contributed by atoms with Gasteiger partial charge in [0.15, 0.2) is 4.80 Å². The smallest absolute Gasteiger partial charge is 0.279 e. The molecule has 1 aromatic heterocycles. The standard InChI is InChI=1S/C17H16N2OS2/c1-11-5-4-6-14-15(11)19(2)17(22-14)18-16(20)12-7-9-13(21-3)10-8-12/h4-10H,1-3H3. The third kappa shape index (κ3) is 2.74. The molecule has 0 fully saturated rings. The Kier molecular flexibility index (Phi) is 4.18. The van der Waals surface area contributed by atoms with Crippen LogP contribution in [0.15, 0.2) is 52.4 Å². The summed E-state index contributed by atoms with van der Waals surface area (Å²) in [5.74, 6) is -0.201. The fourth-order valence-electron chi connectivity index (χ4n) is 2.39. The molecule has 0 spiro atoms. The van der Waals surface area contributed by atoms with Crippen molar-refractivity contribution in [2.45, 2.75) is 11.8 Å². The number of aromatic nitrogens is 1. The molecule has 5 heteroatoms. The Morgan fingerprint density at radius 1 is 1.18 bits per heavy atom. The number of para-hydroxylation sites is 1. The van der Waals surface area contributed by atoms with E-state index in [0.29, 0.717) is 5.56 Å². The minimum Gasteiger partial charge on any atom is -0.319 e. The molecule has 0 unspecified atom stereocenters. The zero-order chi connectivity index (χ0) is 15.7. The van der Waals surface area contributed by atoms with Gasteiger partial charge in [-0.1, -0.05) is 23.5 Å². The van der Waals surface area contributed by atoms with Gasteiger partial charge in [-0.05, 0) is 49.1 Å². The Morgan fingerprint density at radius 2 is 1.91 bits per heavy atom. The van der Waals surface area contributed by atoms with Crippen molar-refractivity contribution in [1.29, 1.82) is 0 Å². The first-order valence-corrected chi connectivity index (χ1v) is 8.92. The maximum atomic E-state index is 12.3. The fraction of sp³-hybridized carbons (Fsp3) is 0.176. The number of thioether (sulfide) groups is 1. The number of hydrogen-bond acceptors (Lipinski definition) is 3. The average molecular weight is 328 g/mol. The van der Waals surface area contributed by atoms with Gasteiger partial charge in [0.1, 0.15) is 0 Å². The Labute approximate surface area is 137 Å². The summed E-state index contributed by atoms with van der Waals surface area (Å²) < 4.78 is 3.13. The highest BCUT2D eigenvalue weighted by atomic mass is 32.2. The molecule has 0 aliphatic rings. The highest BCUT2D eigenvalue weighted by Gasteiger charge is 2.08. The van der Waals surface area contributed by atoms with Crippen LogP contribution in [-0.4, -0.2) is 16.7 Å². The number of benzene rings is 2. The zero-order valence-electron chi connectivity index (χ0n) is 12.7. The van der Waals surface area contributed by atoms with Crippen LogP contribution >= 0.6 is 23.1 Å². The zero-order valence-corrected chi connectivity index (χ0v) is 14.3. The van der Waals surface area contributed by atoms with Gasteiger partial charge in [0.2, 0.25) is 0 Å². The molecule has 0 aliphatic carbocycles. The predicted molar refractivity (Wildman–Crippen MR) is 93.6 cm³/mol. The maximum Gasteiger partial charge on any atom is 0.279 e. The van der Waals surface area contributed by atoms with E-state index in [9.17, 15) is 4.79 Å². The molecule has 3 aromatic rings. The molecule has 0 bridgehead atoms. The normalized spacial score (nSPS) is 12.0. The van der Waals surface area contributed by atoms with Gasteiger partial charge in [-0.25, -0.2) is 0 Å². The SMILES string of the molecule is CSc1ccc(C(=O)N=c2sc3cccc(C)c3n2C)cc1. The summed E-state index contributed by atoms with van der Waals surface area (Å²) in [6.45, 7) is 2.07. The summed E-state index contributed by atoms with van der Waals surface area (Å²) in [6, 6.07) is 13.7. The van der Waals surface area contributed by atoms with E-state index in [4.69, 9.17) is 0 Å². The van der Waals surface area contributed by atoms with Crippen LogP contribution in [-0.2, 0) is 7.05 Å². The van der Waals surface area contributed by atoms with Crippen molar-refractivity contribution in [2.75, 3.05) is 6.26 Å². The molecule has 3 rings (SSSR count). The molecule has 3 nitrogen and oxygen atoms in total. The van der Waals surface area contributed by atoms with E-state index in [1.165, 1.54) is 5.56 Å². The van der Waals surface area contributed by atoms with E-state index in [2.05, 4.69) is 24.0 Å². The maximum absolute atomic E-state index is 12.3. The molecule has 0 saturated heterocycles. The number of aryl methyl sites for hydroxylation is 2. The number of thiazole rings is 1. The number of carbonyl (C=O) groups excluding carboxylic acids is 1. The molecule has 0 radical (unpaired) electrons. The minimum absolute atomic E-state index is 0.201. The van der Waals surface area contributed by atoms with Crippen LogP contribution in [0.4, 0.5) is 0 Å². The van der Waals surface area contributed by atoms with Crippen molar-refractivity contribution in [2.24, 2.45) is 12.0 Å². The first-order chi connectivity index (χ1) is 10.6. The van der Waals surface area contributed by atoms with Gasteiger partial charge >= 0.3 is 0 Å². The molecule has 0 N–H and O–H groups in total. The first kappa shape index (κ1) is 15.1. The van der Waals surface area contributed by atoms with E-state index >= 15 is 0 Å². The van der Waals surface area contributed by atoms with E-state index < -0.39 is 0 Å². The number of fused-ring (bicyclic) bond motifs is 1. The second kappa shape index (κ2) is 6.10. The quantitative estimate of drug-likeness (QED) is 0.666. The number of rotatable bonds is 2. The van der Waals surface area contributed by atoms with Crippen LogP contribution in [0.25, 0.3) is 10.2 Å². The Balaban J connectivity index is 2.06. The Hall–Kier alpha value is -1.85. The summed E-state index contributed by atoms with van der Waals surface area (Å²) in [4.78, 5) is 18.5. The lowest BCUT2D eigenvalue weighted by molar-refractivity contribution is 0.0998. The molecule has 112 valence electrons. The molecule has 1 amide bonds. The summed E-state index contributed by atoms with van der Waals surface area (Å²) in [5.41, 5.74) is 2.94. The highest BCUT2D eigenvalue weighted by molar-refractivity contribution is 7.98. The van der Waals surface area contributed by atoms with Crippen LogP contribution in [0.5, 0.6) is 0 Å². The third-order valence-corrected chi connectivity index (χ3v) is 5.40. The second-order valence-electron chi connectivity index (χ2n) is 5.01. The van der Waals surface area contributed by atoms with Crippen molar-refractivity contribution in [1.82, 2.24) is 4.57 Å². The first-order valence-electron chi connectivity index (χ1n) is 6.88. The van der Waals surface area contributed by atoms with Crippen molar-refractivity contribution in [3.05, 3.63) is 58.4 Å². The van der Waals surface area contributed by atoms with Gasteiger partial charge in [-0.3, -0.25) is 4.79 Å². The minimum atomic E-state index is -0.201. The van der Waals surface area contributed by atoms with Crippen molar-refractivity contribution in [3.63, 3.8) is 0 Å². The van der Waals surface area contributed by atoms with Crippen LogP contribution in [0.2, 0.25) is 0 Å². The number of amides is 1. The summed E-state index contributed by atoms with van der Waals surface area (Å²) in [5, 5.41) is 0. The second-order valence-corrected chi connectivity index (χ2v) is 6.90. The summed E-state index contributed by atoms with van der Waals surface area (Å²) in [6.07, 6.45) is 2.01. The van der Waals surface area contributed by atoms with Gasteiger partial charge in [0.05, 0.1) is 10.2 Å². The number of carbonyl (C=O) groups is 1. The molecule has 1 heterocycles. The molecule has 0 saturated carbocycles. The van der Waals surface area contributed by atoms with Gasteiger partial charge in [-0.2, -0.15) is 4.99 Å². The highest BCUT2D eigenvalue weighted by Crippen LogP contribution is 2.20. The van der Waals surface area contributed by atoms with Crippen LogP contribution in [0, 0.1) is 6.92 Å². The van der Waals surface area contributed by atoms with E-state index in [1.807, 2.05) is 48.2 Å². The van der Waals surface area contributed by atoms with Crippen molar-refractivity contribution in [3.8, 4) is 0 Å². The topological polar surface area (TPSA) is 34.4 Å².